The molecule has 0 spiro atoms. The number of hydrogen-bond acceptors (Lipinski definition) is 3. The minimum Gasteiger partial charge on any atom is -0.481 e. The summed E-state index contributed by atoms with van der Waals surface area (Å²) in [4.78, 5) is 33.8. The van der Waals surface area contributed by atoms with Gasteiger partial charge in [-0.1, -0.05) is 6.07 Å². The van der Waals surface area contributed by atoms with Gasteiger partial charge in [0, 0.05) is 30.3 Å². The number of rotatable bonds is 6. The van der Waals surface area contributed by atoms with Crippen LogP contribution in [-0.2, 0) is 9.59 Å². The van der Waals surface area contributed by atoms with E-state index in [4.69, 9.17) is 5.11 Å². The lowest BCUT2D eigenvalue weighted by Gasteiger charge is -2.26. The van der Waals surface area contributed by atoms with E-state index in [1.165, 1.54) is 6.92 Å². The molecule has 0 unspecified atom stereocenters. The van der Waals surface area contributed by atoms with E-state index in [1.807, 2.05) is 6.92 Å². The minimum absolute atomic E-state index is 0.0235. The van der Waals surface area contributed by atoms with E-state index in [0.29, 0.717) is 17.8 Å². The highest BCUT2D eigenvalue weighted by molar-refractivity contribution is 5.93. The van der Waals surface area contributed by atoms with Crippen LogP contribution in [0.1, 0.15) is 39.2 Å². The highest BCUT2D eigenvalue weighted by Crippen LogP contribution is 2.21. The highest BCUT2D eigenvalue weighted by Gasteiger charge is 2.21. The number of urea groups is 1. The van der Waals surface area contributed by atoms with E-state index in [9.17, 15) is 14.4 Å². The normalized spacial score (nSPS) is 10.8. The maximum atomic E-state index is 12.1. The van der Waals surface area contributed by atoms with Crippen LogP contribution in [0.5, 0.6) is 0 Å². The molecule has 0 saturated heterocycles. The first kappa shape index (κ1) is 18.5. The van der Waals surface area contributed by atoms with Gasteiger partial charge in [0.25, 0.3) is 0 Å². The molecule has 7 heteroatoms. The molecule has 23 heavy (non-hydrogen) atoms. The van der Waals surface area contributed by atoms with Gasteiger partial charge in [-0.25, -0.2) is 4.79 Å². The molecule has 126 valence electrons. The molecule has 4 N–H and O–H groups in total. The molecule has 7 nitrogen and oxygen atoms in total. The molecule has 0 aliphatic heterocycles. The first-order valence-electron chi connectivity index (χ1n) is 7.28. The van der Waals surface area contributed by atoms with E-state index >= 15 is 0 Å². The molecule has 0 aromatic heterocycles. The van der Waals surface area contributed by atoms with Crippen LogP contribution in [-0.4, -0.2) is 28.6 Å². The molecule has 3 amide bonds. The number of amides is 3. The van der Waals surface area contributed by atoms with Gasteiger partial charge < -0.3 is 21.1 Å². The molecule has 0 fully saturated rings. The van der Waals surface area contributed by atoms with E-state index in [0.717, 1.165) is 5.56 Å². The minimum atomic E-state index is -0.904. The molecule has 0 aliphatic carbocycles. The van der Waals surface area contributed by atoms with Crippen LogP contribution in [0.2, 0.25) is 0 Å². The number of aryl methyl sites for hydroxylation is 1. The van der Waals surface area contributed by atoms with E-state index in [1.54, 1.807) is 32.0 Å². The second-order valence-corrected chi connectivity index (χ2v) is 6.07. The zero-order valence-corrected chi connectivity index (χ0v) is 13.8. The van der Waals surface area contributed by atoms with Crippen molar-refractivity contribution in [3.05, 3.63) is 23.8 Å². The van der Waals surface area contributed by atoms with Crippen molar-refractivity contribution in [2.24, 2.45) is 0 Å². The molecule has 0 radical (unpaired) electrons. The summed E-state index contributed by atoms with van der Waals surface area (Å²) in [5.41, 5.74) is 1.36. The first-order chi connectivity index (χ1) is 10.6. The molecular formula is C16H23N3O4. The fourth-order valence-electron chi connectivity index (χ4n) is 1.98. The molecule has 0 aliphatic rings. The fourth-order valence-corrected chi connectivity index (χ4v) is 1.98. The molecule has 0 saturated carbocycles. The summed E-state index contributed by atoms with van der Waals surface area (Å²) in [5, 5.41) is 16.8. The standard InChI is InChI=1S/C16H23N3O4/c1-10-5-6-12(17-11(2)20)9-13(10)18-15(23)19-16(3,4)8-7-14(21)22/h5-6,9H,7-8H2,1-4H3,(H,17,20)(H,21,22)(H2,18,19,23). The van der Waals surface area contributed by atoms with Gasteiger partial charge in [-0.2, -0.15) is 0 Å². The van der Waals surface area contributed by atoms with Crippen LogP contribution in [0.15, 0.2) is 18.2 Å². The summed E-state index contributed by atoms with van der Waals surface area (Å²) in [6.45, 7) is 6.76. The van der Waals surface area contributed by atoms with Crippen LogP contribution in [0.25, 0.3) is 0 Å². The maximum absolute atomic E-state index is 12.1. The number of aliphatic carboxylic acids is 1. The van der Waals surface area contributed by atoms with Crippen LogP contribution in [0.3, 0.4) is 0 Å². The number of carboxylic acids is 1. The van der Waals surface area contributed by atoms with Gasteiger partial charge in [-0.15, -0.1) is 0 Å². The Kier molecular flexibility index (Phi) is 6.12. The summed E-state index contributed by atoms with van der Waals surface area (Å²) in [6.07, 6.45) is 0.297. The Morgan fingerprint density at radius 2 is 1.83 bits per heavy atom. The van der Waals surface area contributed by atoms with Gasteiger partial charge in [0.15, 0.2) is 0 Å². The smallest absolute Gasteiger partial charge is 0.319 e. The Balaban J connectivity index is 2.73. The molecule has 0 bridgehead atoms. The third-order valence-electron chi connectivity index (χ3n) is 3.22. The monoisotopic (exact) mass is 321 g/mol. The molecular weight excluding hydrogens is 298 g/mol. The lowest BCUT2D eigenvalue weighted by molar-refractivity contribution is -0.137. The van der Waals surface area contributed by atoms with Crippen molar-refractivity contribution in [1.82, 2.24) is 5.32 Å². The van der Waals surface area contributed by atoms with E-state index in [2.05, 4.69) is 16.0 Å². The number of carboxylic acid groups (broad SMARTS) is 1. The summed E-state index contributed by atoms with van der Waals surface area (Å²) < 4.78 is 0. The predicted molar refractivity (Wildman–Crippen MR) is 88.6 cm³/mol. The van der Waals surface area contributed by atoms with Crippen molar-refractivity contribution in [1.29, 1.82) is 0 Å². The Bertz CT molecular complexity index is 611. The summed E-state index contributed by atoms with van der Waals surface area (Å²) in [7, 11) is 0. The second-order valence-electron chi connectivity index (χ2n) is 6.07. The molecule has 1 aromatic rings. The van der Waals surface area contributed by atoms with Crippen molar-refractivity contribution >= 4 is 29.3 Å². The van der Waals surface area contributed by atoms with E-state index < -0.39 is 17.5 Å². The average molecular weight is 321 g/mol. The average Bonchev–Trinajstić information content (AvgIpc) is 2.39. The molecule has 0 heterocycles. The Labute approximate surface area is 135 Å². The van der Waals surface area contributed by atoms with Crippen LogP contribution in [0, 0.1) is 6.92 Å². The molecule has 1 aromatic carbocycles. The highest BCUT2D eigenvalue weighted by atomic mass is 16.4. The number of nitrogens with one attached hydrogen (secondary N) is 3. The SMILES string of the molecule is CC(=O)Nc1ccc(C)c(NC(=O)NC(C)(C)CCC(=O)O)c1. The van der Waals surface area contributed by atoms with Crippen LogP contribution in [0.4, 0.5) is 16.2 Å². The van der Waals surface area contributed by atoms with Crippen molar-refractivity contribution < 1.29 is 19.5 Å². The predicted octanol–water partition coefficient (Wildman–Crippen LogP) is 2.72. The third kappa shape index (κ3) is 6.82. The van der Waals surface area contributed by atoms with Crippen molar-refractivity contribution in [2.45, 2.75) is 46.1 Å². The topological polar surface area (TPSA) is 108 Å². The second kappa shape index (κ2) is 7.62. The maximum Gasteiger partial charge on any atom is 0.319 e. The summed E-state index contributed by atoms with van der Waals surface area (Å²) in [5.74, 6) is -1.10. The zero-order chi connectivity index (χ0) is 17.6. The van der Waals surface area contributed by atoms with Gasteiger partial charge >= 0.3 is 12.0 Å². The lowest BCUT2D eigenvalue weighted by Crippen LogP contribution is -2.45. The Morgan fingerprint density at radius 3 is 2.39 bits per heavy atom. The number of anilines is 2. The number of hydrogen-bond donors (Lipinski definition) is 4. The van der Waals surface area contributed by atoms with Crippen molar-refractivity contribution in [2.75, 3.05) is 10.6 Å². The number of benzene rings is 1. The largest absolute Gasteiger partial charge is 0.481 e. The lowest BCUT2D eigenvalue weighted by atomic mass is 9.99. The molecule has 0 atom stereocenters. The zero-order valence-electron chi connectivity index (χ0n) is 13.8. The van der Waals surface area contributed by atoms with Gasteiger partial charge in [-0.05, 0) is 44.9 Å². The van der Waals surface area contributed by atoms with Gasteiger partial charge in [0.05, 0.1) is 0 Å². The van der Waals surface area contributed by atoms with Crippen LogP contribution >= 0.6 is 0 Å². The fraction of sp³-hybridized carbons (Fsp3) is 0.438. The van der Waals surface area contributed by atoms with Crippen molar-refractivity contribution in [3.8, 4) is 0 Å². The quantitative estimate of drug-likeness (QED) is 0.646. The van der Waals surface area contributed by atoms with Gasteiger partial charge in [0.1, 0.15) is 0 Å². The third-order valence-corrected chi connectivity index (χ3v) is 3.22. The Morgan fingerprint density at radius 1 is 1.17 bits per heavy atom. The summed E-state index contributed by atoms with van der Waals surface area (Å²) >= 11 is 0. The van der Waals surface area contributed by atoms with Crippen molar-refractivity contribution in [3.63, 3.8) is 0 Å². The summed E-state index contributed by atoms with van der Waals surface area (Å²) in [6, 6.07) is 4.77. The van der Waals surface area contributed by atoms with E-state index in [-0.39, 0.29) is 12.3 Å². The Hall–Kier alpha value is -2.57. The van der Waals surface area contributed by atoms with Gasteiger partial charge in [0.2, 0.25) is 5.91 Å². The first-order valence-corrected chi connectivity index (χ1v) is 7.28. The molecule has 1 rings (SSSR count). The van der Waals surface area contributed by atoms with Crippen LogP contribution < -0.4 is 16.0 Å². The number of carbonyl (C=O) groups is 3. The van der Waals surface area contributed by atoms with Gasteiger partial charge in [-0.3, -0.25) is 9.59 Å². The number of carbonyl (C=O) groups excluding carboxylic acids is 2.